The lowest BCUT2D eigenvalue weighted by molar-refractivity contribution is -0.397. The number of rotatable bonds is 29. The van der Waals surface area contributed by atoms with Crippen molar-refractivity contribution in [2.45, 2.75) is 101 Å². The Morgan fingerprint density at radius 2 is 0.823 bits per heavy atom. The van der Waals surface area contributed by atoms with Gasteiger partial charge in [-0.3, -0.25) is 0 Å². The fraction of sp³-hybridized carbons (Fsp3) is 0.338. The number of ether oxygens (including phenoxy) is 13. The predicted octanol–water partition coefficient (Wildman–Crippen LogP) is 10.5. The zero-order valence-corrected chi connectivity index (χ0v) is 44.7. The van der Waals surface area contributed by atoms with Crippen molar-refractivity contribution in [2.75, 3.05) is 40.8 Å². The second kappa shape index (κ2) is 30.2. The molecule has 0 aliphatic carbocycles. The zero-order chi connectivity index (χ0) is 54.3. The van der Waals surface area contributed by atoms with E-state index in [0.717, 1.165) is 33.4 Å². The Labute approximate surface area is 463 Å². The van der Waals surface area contributed by atoms with Crippen molar-refractivity contribution in [3.63, 3.8) is 0 Å². The van der Waals surface area contributed by atoms with Crippen molar-refractivity contribution in [1.29, 1.82) is 0 Å². The molecule has 2 aliphatic rings. The monoisotopic (exact) mass is 1070 g/mol. The highest BCUT2D eigenvalue weighted by atomic mass is 16.8. The Balaban J connectivity index is 1.13. The van der Waals surface area contributed by atoms with Gasteiger partial charge >= 0.3 is 5.97 Å². The Kier molecular flexibility index (Phi) is 21.9. The molecule has 0 amide bonds. The first-order chi connectivity index (χ1) is 39.0. The van der Waals surface area contributed by atoms with Gasteiger partial charge in [0.25, 0.3) is 0 Å². The molecule has 0 spiro atoms. The van der Waals surface area contributed by atoms with Gasteiger partial charge in [0.05, 0.1) is 58.4 Å². The molecule has 0 radical (unpaired) electrons. The van der Waals surface area contributed by atoms with Crippen LogP contribution in [0, 0.1) is 0 Å². The summed E-state index contributed by atoms with van der Waals surface area (Å²) < 4.78 is 87.6. The molecule has 2 aliphatic heterocycles. The average molecular weight is 1080 g/mol. The third-order valence-corrected chi connectivity index (χ3v) is 13.7. The summed E-state index contributed by atoms with van der Waals surface area (Å²) in [6.45, 7) is 0.420. The molecule has 10 atom stereocenters. The minimum atomic E-state index is -1.98. The normalized spacial score (nSPS) is 23.9. The molecule has 7 aromatic carbocycles. The van der Waals surface area contributed by atoms with Crippen LogP contribution < -0.4 is 0 Å². The van der Waals surface area contributed by atoms with Crippen LogP contribution in [0.25, 0.3) is 0 Å². The van der Waals surface area contributed by atoms with Crippen LogP contribution in [0.5, 0.6) is 0 Å². The average Bonchev–Trinajstić information content (AvgIpc) is 3.51. The largest absolute Gasteiger partial charge is 0.450 e. The number of carbonyl (C=O) groups excluding carboxylic acids is 1. The maximum Gasteiger partial charge on any atom is 0.338 e. The Morgan fingerprint density at radius 3 is 1.27 bits per heavy atom. The van der Waals surface area contributed by atoms with Gasteiger partial charge in [0.15, 0.2) is 12.4 Å². The van der Waals surface area contributed by atoms with Gasteiger partial charge in [-0.2, -0.15) is 0 Å². The van der Waals surface area contributed by atoms with Crippen LogP contribution in [0.1, 0.15) is 43.7 Å². The molecular weight excluding hydrogens is 1000 g/mol. The fourth-order valence-electron chi connectivity index (χ4n) is 9.69. The zero-order valence-electron chi connectivity index (χ0n) is 44.7. The topological polar surface area (TPSA) is 137 Å². The summed E-state index contributed by atoms with van der Waals surface area (Å²) in [6.07, 6.45) is -8.68. The van der Waals surface area contributed by atoms with Crippen LogP contribution in [0.2, 0.25) is 0 Å². The molecule has 9 rings (SSSR count). The highest BCUT2D eigenvalue weighted by molar-refractivity contribution is 5.89. The molecule has 7 aromatic rings. The lowest BCUT2D eigenvalue weighted by atomic mass is 9.91. The van der Waals surface area contributed by atoms with E-state index in [9.17, 15) is 4.79 Å². The van der Waals surface area contributed by atoms with Gasteiger partial charge in [0.1, 0.15) is 56.1 Å². The van der Waals surface area contributed by atoms with Gasteiger partial charge < -0.3 is 61.6 Å². The van der Waals surface area contributed by atoms with Gasteiger partial charge in [-0.15, -0.1) is 0 Å². The standard InChI is InChI=1S/C65H70O14/c1-67-47-70-46-65(76-45-55-57(71-39-49-26-12-4-13-27-49)59(73-41-51-30-16-6-17-31-51)61(64(68-2)77-55)75-43-53-34-20-8-21-35-53)62(78-63(66)54-36-22-9-23-37-54)60(74-42-52-32-18-7-19-33-52)58(72-40-50-28-14-5-15-29-50)56(79-65)44-69-38-48-24-10-3-11-25-48/h3-37,55-62,64H,38-47H2,1-2H3/t55?,56?,57-,58+,59?,60?,61?,62?,64+,65+/m1/s1. The maximum atomic E-state index is 14.7. The van der Waals surface area contributed by atoms with E-state index in [2.05, 4.69) is 0 Å². The molecule has 6 unspecified atom stereocenters. The fourth-order valence-corrected chi connectivity index (χ4v) is 9.69. The summed E-state index contributed by atoms with van der Waals surface area (Å²) in [5.41, 5.74) is 5.83. The van der Waals surface area contributed by atoms with Crippen LogP contribution in [0.3, 0.4) is 0 Å². The summed E-state index contributed by atoms with van der Waals surface area (Å²) in [5.74, 6) is -2.64. The summed E-state index contributed by atoms with van der Waals surface area (Å²) in [5, 5.41) is 0. The molecule has 14 heteroatoms. The molecule has 0 saturated carbocycles. The third-order valence-electron chi connectivity index (χ3n) is 13.7. The Morgan fingerprint density at radius 1 is 0.430 bits per heavy atom. The molecular formula is C65H70O14. The number of esters is 1. The predicted molar refractivity (Wildman–Crippen MR) is 294 cm³/mol. The van der Waals surface area contributed by atoms with E-state index in [0.29, 0.717) is 5.56 Å². The van der Waals surface area contributed by atoms with Crippen molar-refractivity contribution in [3.8, 4) is 0 Å². The van der Waals surface area contributed by atoms with E-state index in [1.54, 1.807) is 31.4 Å². The molecule has 0 N–H and O–H groups in total. The maximum absolute atomic E-state index is 14.7. The Hall–Kier alpha value is -6.47. The van der Waals surface area contributed by atoms with Gasteiger partial charge in [-0.1, -0.05) is 200 Å². The Bertz CT molecular complexity index is 2780. The van der Waals surface area contributed by atoms with Gasteiger partial charge in [-0.25, -0.2) is 4.79 Å². The molecule has 0 bridgehead atoms. The van der Waals surface area contributed by atoms with Crippen molar-refractivity contribution in [3.05, 3.63) is 251 Å². The van der Waals surface area contributed by atoms with Gasteiger partial charge in [-0.05, 0) is 45.5 Å². The van der Waals surface area contributed by atoms with Crippen LogP contribution >= 0.6 is 0 Å². The van der Waals surface area contributed by atoms with Crippen LogP contribution in [-0.4, -0.2) is 108 Å². The highest BCUT2D eigenvalue weighted by Gasteiger charge is 2.61. The number of hydrogen-bond acceptors (Lipinski definition) is 14. The number of carbonyl (C=O) groups is 1. The van der Waals surface area contributed by atoms with Crippen LogP contribution in [0.15, 0.2) is 212 Å². The smallest absolute Gasteiger partial charge is 0.338 e. The van der Waals surface area contributed by atoms with Crippen molar-refractivity contribution >= 4 is 5.97 Å². The number of benzene rings is 7. The van der Waals surface area contributed by atoms with Crippen molar-refractivity contribution in [2.24, 2.45) is 0 Å². The van der Waals surface area contributed by atoms with Crippen LogP contribution in [0.4, 0.5) is 0 Å². The van der Waals surface area contributed by atoms with Gasteiger partial charge in [0, 0.05) is 14.2 Å². The number of methoxy groups -OCH3 is 2. The minimum absolute atomic E-state index is 0.00138. The first-order valence-electron chi connectivity index (χ1n) is 26.7. The second-order valence-electron chi connectivity index (χ2n) is 19.3. The lowest BCUT2D eigenvalue weighted by Crippen LogP contribution is -2.70. The SMILES string of the molecule is COCOC[C@]1(OCC2O[C@H](OC)C(OCc3ccccc3)C(OCc3ccccc3)[C@@H]2OCc2ccccc2)OC(COCc2ccccc2)[C@H](OCc2ccccc2)C(OCc2ccccc2)C1OC(=O)c1ccccc1. The van der Waals surface area contributed by atoms with E-state index in [1.165, 1.54) is 7.11 Å². The van der Waals surface area contributed by atoms with E-state index in [1.807, 2.05) is 188 Å². The molecule has 2 saturated heterocycles. The molecule has 2 heterocycles. The minimum Gasteiger partial charge on any atom is -0.450 e. The van der Waals surface area contributed by atoms with E-state index in [-0.39, 0.29) is 66.3 Å². The van der Waals surface area contributed by atoms with Crippen molar-refractivity contribution < 1.29 is 66.4 Å². The quantitative estimate of drug-likeness (QED) is 0.0250. The second-order valence-corrected chi connectivity index (χ2v) is 19.3. The molecule has 414 valence electrons. The summed E-state index contributed by atoms with van der Waals surface area (Å²) in [4.78, 5) is 14.7. The first kappa shape index (κ1) is 57.2. The van der Waals surface area contributed by atoms with Crippen molar-refractivity contribution in [1.82, 2.24) is 0 Å². The lowest BCUT2D eigenvalue weighted by Gasteiger charge is -2.52. The highest BCUT2D eigenvalue weighted by Crippen LogP contribution is 2.40. The molecule has 2 fully saturated rings. The summed E-state index contributed by atoms with van der Waals surface area (Å²) in [6, 6.07) is 67.7. The third kappa shape index (κ3) is 16.3. The summed E-state index contributed by atoms with van der Waals surface area (Å²) >= 11 is 0. The van der Waals surface area contributed by atoms with E-state index in [4.69, 9.17) is 61.6 Å². The molecule has 14 nitrogen and oxygen atoms in total. The molecule has 79 heavy (non-hydrogen) atoms. The molecule has 0 aromatic heterocycles. The first-order valence-corrected chi connectivity index (χ1v) is 26.7. The van der Waals surface area contributed by atoms with Gasteiger partial charge in [0.2, 0.25) is 5.79 Å². The van der Waals surface area contributed by atoms with Crippen LogP contribution in [-0.2, 0) is 101 Å². The van der Waals surface area contributed by atoms with E-state index < -0.39 is 66.9 Å². The number of hydrogen-bond donors (Lipinski definition) is 0. The summed E-state index contributed by atoms with van der Waals surface area (Å²) in [7, 11) is 3.08. The van der Waals surface area contributed by atoms with E-state index >= 15 is 0 Å².